The van der Waals surface area contributed by atoms with E-state index in [-0.39, 0.29) is 29.5 Å². The third kappa shape index (κ3) is 4.82. The number of halogens is 2. The highest BCUT2D eigenvalue weighted by Crippen LogP contribution is 2.35. The number of benzene rings is 1. The summed E-state index contributed by atoms with van der Waals surface area (Å²) in [5.41, 5.74) is 5.61. The average Bonchev–Trinajstić information content (AvgIpc) is 2.79. The van der Waals surface area contributed by atoms with Crippen molar-refractivity contribution in [2.75, 3.05) is 16.8 Å². The Morgan fingerprint density at radius 1 is 1.27 bits per heavy atom. The van der Waals surface area contributed by atoms with Crippen LogP contribution in [0.3, 0.4) is 0 Å². The lowest BCUT2D eigenvalue weighted by molar-refractivity contribution is -0.113. The number of carbonyl (C=O) groups excluding carboxylic acids is 2. The summed E-state index contributed by atoms with van der Waals surface area (Å²) in [6, 6.07) is 10.6. The van der Waals surface area contributed by atoms with Crippen molar-refractivity contribution in [3.63, 3.8) is 0 Å². The largest absolute Gasteiger partial charge is 0.418 e. The Morgan fingerprint density at radius 2 is 2.09 bits per heavy atom. The van der Waals surface area contributed by atoms with Gasteiger partial charge in [-0.1, -0.05) is 0 Å². The number of hydrogen-bond acceptors (Lipinski definition) is 7. The SMILES string of the molecule is CC1(c2cc(NC(=O)Oc3ccc(Br)cn3)ccc2F)CN(c2cccnc2)C(=O)C(N)=N1. The number of carbonyl (C=O) groups is 2. The van der Waals surface area contributed by atoms with Crippen LogP contribution < -0.4 is 20.7 Å². The molecule has 11 heteroatoms. The van der Waals surface area contributed by atoms with Crippen LogP contribution in [0.1, 0.15) is 12.5 Å². The Hall–Kier alpha value is -3.86. The zero-order chi connectivity index (χ0) is 23.6. The standard InChI is InChI=1S/C22H18BrFN6O3/c1-22(12-30(20(31)19(25)29-22)15-3-2-8-26-11-15)16-9-14(5-6-17(16)24)28-21(32)33-18-7-4-13(23)10-27-18/h2-11H,12H2,1H3,(H2,25,29)(H,28,32). The first-order valence-electron chi connectivity index (χ1n) is 9.73. The summed E-state index contributed by atoms with van der Waals surface area (Å²) in [4.78, 5) is 38.5. The molecule has 1 atom stereocenters. The number of rotatable bonds is 4. The minimum atomic E-state index is -1.22. The summed E-state index contributed by atoms with van der Waals surface area (Å²) < 4.78 is 20.8. The van der Waals surface area contributed by atoms with Gasteiger partial charge in [0.1, 0.15) is 11.4 Å². The van der Waals surface area contributed by atoms with Gasteiger partial charge in [-0.2, -0.15) is 0 Å². The first-order valence-corrected chi connectivity index (χ1v) is 10.5. The third-order valence-corrected chi connectivity index (χ3v) is 5.41. The summed E-state index contributed by atoms with van der Waals surface area (Å²) in [6.07, 6.45) is 3.77. The molecule has 1 aromatic carbocycles. The van der Waals surface area contributed by atoms with E-state index >= 15 is 0 Å². The van der Waals surface area contributed by atoms with Gasteiger partial charge in [0.2, 0.25) is 5.88 Å². The normalized spacial score (nSPS) is 18.0. The second-order valence-corrected chi connectivity index (χ2v) is 8.31. The number of aliphatic imine (C=N–C) groups is 1. The smallest absolute Gasteiger partial charge is 0.391 e. The van der Waals surface area contributed by atoms with Crippen LogP contribution in [-0.4, -0.2) is 34.3 Å². The van der Waals surface area contributed by atoms with Gasteiger partial charge in [0.15, 0.2) is 5.84 Å². The predicted octanol–water partition coefficient (Wildman–Crippen LogP) is 3.61. The van der Waals surface area contributed by atoms with Crippen LogP contribution in [0.4, 0.5) is 20.6 Å². The van der Waals surface area contributed by atoms with E-state index in [1.807, 2.05) is 0 Å². The molecule has 3 aromatic rings. The van der Waals surface area contributed by atoms with E-state index in [0.29, 0.717) is 5.69 Å². The summed E-state index contributed by atoms with van der Waals surface area (Å²) in [6.45, 7) is 1.67. The van der Waals surface area contributed by atoms with Crippen LogP contribution in [0, 0.1) is 5.82 Å². The zero-order valence-corrected chi connectivity index (χ0v) is 18.9. The van der Waals surface area contributed by atoms with Crippen molar-refractivity contribution >= 4 is 45.1 Å². The van der Waals surface area contributed by atoms with Crippen molar-refractivity contribution in [2.24, 2.45) is 10.7 Å². The molecule has 1 unspecified atom stereocenters. The van der Waals surface area contributed by atoms with E-state index in [1.54, 1.807) is 31.3 Å². The Morgan fingerprint density at radius 3 is 2.79 bits per heavy atom. The van der Waals surface area contributed by atoms with Gasteiger partial charge >= 0.3 is 6.09 Å². The van der Waals surface area contributed by atoms with Crippen LogP contribution in [0.25, 0.3) is 0 Å². The number of nitrogens with one attached hydrogen (secondary N) is 1. The van der Waals surface area contributed by atoms with Gasteiger partial charge in [-0.15, -0.1) is 0 Å². The van der Waals surface area contributed by atoms with Gasteiger partial charge in [0.05, 0.1) is 18.4 Å². The lowest BCUT2D eigenvalue weighted by Gasteiger charge is -2.37. The van der Waals surface area contributed by atoms with Crippen LogP contribution in [0.5, 0.6) is 5.88 Å². The maximum Gasteiger partial charge on any atom is 0.418 e. The third-order valence-electron chi connectivity index (χ3n) is 4.95. The fraction of sp³-hybridized carbons (Fsp3) is 0.136. The lowest BCUT2D eigenvalue weighted by atomic mass is 9.89. The van der Waals surface area contributed by atoms with Crippen LogP contribution in [-0.2, 0) is 10.3 Å². The summed E-state index contributed by atoms with van der Waals surface area (Å²) in [5.74, 6) is -1.23. The Bertz CT molecular complexity index is 1240. The number of hydrogen-bond donors (Lipinski definition) is 2. The van der Waals surface area contributed by atoms with Gasteiger partial charge in [0.25, 0.3) is 5.91 Å². The van der Waals surface area contributed by atoms with E-state index < -0.39 is 23.4 Å². The average molecular weight is 513 g/mol. The molecule has 1 aliphatic heterocycles. The van der Waals surface area contributed by atoms with Crippen molar-refractivity contribution in [2.45, 2.75) is 12.5 Å². The van der Waals surface area contributed by atoms with E-state index in [0.717, 1.165) is 4.47 Å². The lowest BCUT2D eigenvalue weighted by Crippen LogP contribution is -2.52. The number of pyridine rings is 2. The van der Waals surface area contributed by atoms with Crippen molar-refractivity contribution in [1.29, 1.82) is 0 Å². The molecule has 0 radical (unpaired) electrons. The number of amidine groups is 1. The molecule has 9 nitrogen and oxygen atoms in total. The minimum Gasteiger partial charge on any atom is -0.391 e. The molecule has 2 amide bonds. The molecule has 0 fully saturated rings. The summed E-state index contributed by atoms with van der Waals surface area (Å²) >= 11 is 3.25. The molecule has 1 aliphatic rings. The molecular weight excluding hydrogens is 495 g/mol. The van der Waals surface area contributed by atoms with Crippen molar-refractivity contribution in [3.05, 3.63) is 76.9 Å². The van der Waals surface area contributed by atoms with E-state index in [1.165, 1.54) is 41.6 Å². The number of nitrogens with zero attached hydrogens (tertiary/aromatic N) is 4. The summed E-state index contributed by atoms with van der Waals surface area (Å²) in [7, 11) is 0. The van der Waals surface area contributed by atoms with Gasteiger partial charge in [-0.25, -0.2) is 14.2 Å². The first kappa shape index (κ1) is 22.3. The molecule has 0 bridgehead atoms. The van der Waals surface area contributed by atoms with E-state index in [4.69, 9.17) is 10.5 Å². The monoisotopic (exact) mass is 512 g/mol. The highest BCUT2D eigenvalue weighted by Gasteiger charge is 2.39. The molecule has 4 rings (SSSR count). The maximum atomic E-state index is 14.9. The predicted molar refractivity (Wildman–Crippen MR) is 124 cm³/mol. The number of nitrogens with two attached hydrogens (primary N) is 1. The highest BCUT2D eigenvalue weighted by molar-refractivity contribution is 9.10. The van der Waals surface area contributed by atoms with E-state index in [2.05, 4.69) is 36.2 Å². The molecule has 0 saturated heterocycles. The molecule has 0 aliphatic carbocycles. The van der Waals surface area contributed by atoms with Crippen molar-refractivity contribution < 1.29 is 18.7 Å². The Balaban J connectivity index is 1.60. The highest BCUT2D eigenvalue weighted by atomic mass is 79.9. The number of amides is 2. The second-order valence-electron chi connectivity index (χ2n) is 7.40. The fourth-order valence-corrected chi connectivity index (χ4v) is 3.65. The second kappa shape index (κ2) is 8.94. The molecule has 0 saturated carbocycles. The zero-order valence-electron chi connectivity index (χ0n) is 17.3. The number of aromatic nitrogens is 2. The molecule has 33 heavy (non-hydrogen) atoms. The number of ether oxygens (including phenoxy) is 1. The first-order chi connectivity index (χ1) is 15.7. The van der Waals surface area contributed by atoms with Gasteiger partial charge in [-0.05, 0) is 59.3 Å². The van der Waals surface area contributed by atoms with Gasteiger partial charge < -0.3 is 15.4 Å². The van der Waals surface area contributed by atoms with E-state index in [9.17, 15) is 14.0 Å². The molecular formula is C22H18BrFN6O3. The number of anilines is 2. The topological polar surface area (TPSA) is 123 Å². The quantitative estimate of drug-likeness (QED) is 0.550. The Kier molecular flexibility index (Phi) is 6.05. The molecule has 168 valence electrons. The molecule has 3 heterocycles. The minimum absolute atomic E-state index is 0.0197. The molecule has 2 aromatic heterocycles. The van der Waals surface area contributed by atoms with Crippen molar-refractivity contribution in [1.82, 2.24) is 9.97 Å². The van der Waals surface area contributed by atoms with Gasteiger partial charge in [-0.3, -0.25) is 20.1 Å². The fourth-order valence-electron chi connectivity index (χ4n) is 3.41. The molecule has 0 spiro atoms. The molecule has 3 N–H and O–H groups in total. The van der Waals surface area contributed by atoms with Gasteiger partial charge in [0, 0.05) is 34.2 Å². The maximum absolute atomic E-state index is 14.9. The van der Waals surface area contributed by atoms with Crippen LogP contribution in [0.2, 0.25) is 0 Å². The Labute approximate surface area is 196 Å². The van der Waals surface area contributed by atoms with Crippen LogP contribution in [0.15, 0.2) is 70.5 Å². The van der Waals surface area contributed by atoms with Crippen LogP contribution >= 0.6 is 15.9 Å². The van der Waals surface area contributed by atoms with Crippen molar-refractivity contribution in [3.8, 4) is 5.88 Å². The summed E-state index contributed by atoms with van der Waals surface area (Å²) in [5, 5.41) is 2.54.